The Morgan fingerprint density at radius 1 is 1.10 bits per heavy atom. The summed E-state index contributed by atoms with van der Waals surface area (Å²) in [7, 11) is -9.08. The van der Waals surface area contributed by atoms with Crippen molar-refractivity contribution in [2.24, 2.45) is 0 Å². The average Bonchev–Trinajstić information content (AvgIpc) is 2.32. The minimum Gasteiger partial charge on any atom is -0.466 e. The first-order valence-electron chi connectivity index (χ1n) is 4.92. The molecule has 1 aromatic rings. The van der Waals surface area contributed by atoms with Crippen molar-refractivity contribution in [3.05, 3.63) is 29.8 Å². The van der Waals surface area contributed by atoms with Gasteiger partial charge in [0.15, 0.2) is 6.61 Å². The molecule has 0 aliphatic heterocycles. The van der Waals surface area contributed by atoms with Crippen molar-refractivity contribution in [3.63, 3.8) is 0 Å². The predicted molar refractivity (Wildman–Crippen MR) is 60.1 cm³/mol. The smallest absolute Gasteiger partial charge is 0.344 e. The number of hydrogen-bond donors (Lipinski definition) is 0. The Kier molecular flexibility index (Phi) is 3.51. The zero-order chi connectivity index (χ0) is 15.7. The van der Waals surface area contributed by atoms with Gasteiger partial charge in [-0.15, -0.1) is 0 Å². The molecule has 0 spiro atoms. The molecule has 0 amide bonds. The van der Waals surface area contributed by atoms with Crippen LogP contribution in [0.15, 0.2) is 29.2 Å². The third-order valence-electron chi connectivity index (χ3n) is 2.07. The number of benzene rings is 1. The van der Waals surface area contributed by atoms with Gasteiger partial charge < -0.3 is 9.47 Å². The Hall–Kier alpha value is -1.84. The van der Waals surface area contributed by atoms with Crippen LogP contribution in [0.5, 0.6) is 0 Å². The van der Waals surface area contributed by atoms with E-state index in [2.05, 4.69) is 9.47 Å². The molecule has 1 aromatic carbocycles. The first kappa shape index (κ1) is 16.2. The molecule has 0 saturated carbocycles. The average molecular weight is 320 g/mol. The summed E-state index contributed by atoms with van der Waals surface area (Å²) in [6.07, 6.45) is 0. The molecule has 0 radical (unpaired) electrons. The highest BCUT2D eigenvalue weighted by atomic mass is 32.5. The van der Waals surface area contributed by atoms with Gasteiger partial charge in [-0.1, -0.05) is 31.6 Å². The summed E-state index contributed by atoms with van der Waals surface area (Å²) in [5, 5.41) is 0. The van der Waals surface area contributed by atoms with E-state index in [0.717, 1.165) is 13.2 Å². The van der Waals surface area contributed by atoms with E-state index in [0.29, 0.717) is 12.1 Å². The molecule has 10 heteroatoms. The standard InChI is InChI=1S/C10H9F5O4S/c1-18-9(16)6-19-10(17)7-4-2-3-5-8(7)20(11,12,13,14)15/h2-5H,6H2,1H3. The lowest BCUT2D eigenvalue weighted by Crippen LogP contribution is -2.18. The van der Waals surface area contributed by atoms with Crippen molar-refractivity contribution in [3.8, 4) is 0 Å². The first-order valence-corrected chi connectivity index (χ1v) is 6.87. The lowest BCUT2D eigenvalue weighted by molar-refractivity contribution is -0.144. The van der Waals surface area contributed by atoms with Crippen molar-refractivity contribution in [1.82, 2.24) is 0 Å². The highest BCUT2D eigenvalue weighted by Gasteiger charge is 2.67. The van der Waals surface area contributed by atoms with Gasteiger partial charge in [0, 0.05) is 0 Å². The first-order chi connectivity index (χ1) is 8.85. The van der Waals surface area contributed by atoms with Gasteiger partial charge in [0.25, 0.3) is 0 Å². The Balaban J connectivity index is 3.16. The Labute approximate surface area is 110 Å². The zero-order valence-corrected chi connectivity index (χ0v) is 10.8. The van der Waals surface area contributed by atoms with Crippen molar-refractivity contribution < 1.29 is 38.5 Å². The van der Waals surface area contributed by atoms with Crippen molar-refractivity contribution in [2.75, 3.05) is 13.7 Å². The van der Waals surface area contributed by atoms with Gasteiger partial charge >= 0.3 is 22.2 Å². The summed E-state index contributed by atoms with van der Waals surface area (Å²) in [5.41, 5.74) is -1.37. The number of halogens is 5. The summed E-state index contributed by atoms with van der Waals surface area (Å²) in [6, 6.07) is 2.29. The number of hydrogen-bond acceptors (Lipinski definition) is 4. The molecule has 114 valence electrons. The molecule has 4 nitrogen and oxygen atoms in total. The fraction of sp³-hybridized carbons (Fsp3) is 0.200. The molecule has 0 heterocycles. The topological polar surface area (TPSA) is 52.6 Å². The van der Waals surface area contributed by atoms with E-state index < -0.39 is 39.2 Å². The Morgan fingerprint density at radius 3 is 2.15 bits per heavy atom. The van der Waals surface area contributed by atoms with Crippen LogP contribution < -0.4 is 0 Å². The summed E-state index contributed by atoms with van der Waals surface area (Å²) in [5.74, 6) is -2.73. The molecule has 0 atom stereocenters. The molecule has 0 bridgehead atoms. The quantitative estimate of drug-likeness (QED) is 0.627. The SMILES string of the molecule is COC(=O)COC(=O)c1ccccc1S(F)(F)(F)(F)F. The highest BCUT2D eigenvalue weighted by molar-refractivity contribution is 8.45. The maximum absolute atomic E-state index is 12.7. The van der Waals surface area contributed by atoms with E-state index in [1.807, 2.05) is 0 Å². The van der Waals surface area contributed by atoms with Crippen LogP contribution in [0, 0.1) is 0 Å². The molecule has 0 aliphatic carbocycles. The van der Waals surface area contributed by atoms with Crippen molar-refractivity contribution >= 4 is 22.2 Å². The monoisotopic (exact) mass is 320 g/mol. The number of esters is 2. The van der Waals surface area contributed by atoms with Crippen LogP contribution in [0.25, 0.3) is 0 Å². The van der Waals surface area contributed by atoms with Gasteiger partial charge in [0.2, 0.25) is 0 Å². The van der Waals surface area contributed by atoms with Crippen LogP contribution in [0.4, 0.5) is 19.4 Å². The van der Waals surface area contributed by atoms with Gasteiger partial charge in [-0.2, -0.15) is 0 Å². The highest BCUT2D eigenvalue weighted by Crippen LogP contribution is 3.02. The van der Waals surface area contributed by atoms with Crippen LogP contribution in [-0.2, 0) is 14.3 Å². The maximum Gasteiger partial charge on any atom is 0.344 e. The third-order valence-corrected chi connectivity index (χ3v) is 3.26. The van der Waals surface area contributed by atoms with E-state index in [-0.39, 0.29) is 6.07 Å². The van der Waals surface area contributed by atoms with Crippen LogP contribution >= 0.6 is 10.2 Å². The zero-order valence-electron chi connectivity index (χ0n) is 9.95. The fourth-order valence-electron chi connectivity index (χ4n) is 1.23. The predicted octanol–water partition coefficient (Wildman–Crippen LogP) is 3.67. The molecule has 0 saturated heterocycles. The second-order valence-corrected chi connectivity index (χ2v) is 6.00. The molecule has 0 unspecified atom stereocenters. The molecule has 1 rings (SSSR count). The summed E-state index contributed by atoms with van der Waals surface area (Å²) < 4.78 is 71.9. The Morgan fingerprint density at radius 2 is 1.65 bits per heavy atom. The van der Waals surface area contributed by atoms with E-state index in [1.165, 1.54) is 0 Å². The van der Waals surface area contributed by atoms with Gasteiger partial charge in [0.1, 0.15) is 4.90 Å². The molecule has 0 N–H and O–H groups in total. The minimum atomic E-state index is -10.0. The van der Waals surface area contributed by atoms with E-state index in [1.54, 1.807) is 0 Å². The normalized spacial score (nSPS) is 14.9. The number of carbonyl (C=O) groups excluding carboxylic acids is 2. The number of methoxy groups -OCH3 is 1. The van der Waals surface area contributed by atoms with Crippen LogP contribution in [-0.4, -0.2) is 25.7 Å². The number of ether oxygens (including phenoxy) is 2. The second-order valence-electron chi connectivity index (χ2n) is 3.62. The van der Waals surface area contributed by atoms with Gasteiger partial charge in [-0.25, -0.2) is 9.59 Å². The largest absolute Gasteiger partial charge is 0.466 e. The van der Waals surface area contributed by atoms with E-state index >= 15 is 0 Å². The molecular weight excluding hydrogens is 311 g/mol. The number of carbonyl (C=O) groups is 2. The van der Waals surface area contributed by atoms with Crippen molar-refractivity contribution in [2.45, 2.75) is 4.90 Å². The summed E-state index contributed by atoms with van der Waals surface area (Å²) in [6.45, 7) is -0.982. The molecule has 0 fully saturated rings. The van der Waals surface area contributed by atoms with Crippen LogP contribution in [0.1, 0.15) is 10.4 Å². The summed E-state index contributed by atoms with van der Waals surface area (Å²) in [4.78, 5) is 19.7. The minimum absolute atomic E-state index is 0.0797. The van der Waals surface area contributed by atoms with Gasteiger partial charge in [0.05, 0.1) is 12.7 Å². The second kappa shape index (κ2) is 4.33. The Bertz CT molecular complexity index is 554. The van der Waals surface area contributed by atoms with E-state index in [9.17, 15) is 29.0 Å². The molecule has 20 heavy (non-hydrogen) atoms. The fourth-order valence-corrected chi connectivity index (χ4v) is 2.14. The lowest BCUT2D eigenvalue weighted by atomic mass is 10.2. The third kappa shape index (κ3) is 4.08. The van der Waals surface area contributed by atoms with Crippen LogP contribution in [0.3, 0.4) is 0 Å². The van der Waals surface area contributed by atoms with Crippen LogP contribution in [0.2, 0.25) is 0 Å². The molecular formula is C10H9F5O4S. The molecule has 0 aliphatic rings. The van der Waals surface area contributed by atoms with E-state index in [4.69, 9.17) is 0 Å². The maximum atomic E-state index is 12.7. The van der Waals surface area contributed by atoms with Crippen molar-refractivity contribution in [1.29, 1.82) is 0 Å². The van der Waals surface area contributed by atoms with Gasteiger partial charge in [-0.3, -0.25) is 0 Å². The summed E-state index contributed by atoms with van der Waals surface area (Å²) >= 11 is 0. The lowest BCUT2D eigenvalue weighted by Gasteiger charge is -2.41. The van der Waals surface area contributed by atoms with Gasteiger partial charge in [-0.05, 0) is 12.1 Å². The number of rotatable bonds is 4. The molecule has 0 aromatic heterocycles.